The lowest BCUT2D eigenvalue weighted by molar-refractivity contribution is -0.248. The molecular formula is C16H21FO4. The number of ether oxygens (including phenoxy) is 3. The highest BCUT2D eigenvalue weighted by molar-refractivity contribution is 5.89. The molecule has 0 aromatic heterocycles. The lowest BCUT2D eigenvalue weighted by atomic mass is 9.86. The van der Waals surface area contributed by atoms with Crippen LogP contribution >= 0.6 is 0 Å². The van der Waals surface area contributed by atoms with Gasteiger partial charge in [-0.1, -0.05) is 32.0 Å². The number of hydrogen-bond donors (Lipinski definition) is 0. The molecule has 0 amide bonds. The van der Waals surface area contributed by atoms with Gasteiger partial charge in [0, 0.05) is 13.0 Å². The highest BCUT2D eigenvalue weighted by Crippen LogP contribution is 2.33. The van der Waals surface area contributed by atoms with E-state index in [9.17, 15) is 9.18 Å². The number of carbonyl (C=O) groups excluding carboxylic acids is 1. The minimum Gasteiger partial charge on any atom is -0.459 e. The third-order valence-corrected chi connectivity index (χ3v) is 4.05. The lowest BCUT2D eigenvalue weighted by Gasteiger charge is -2.40. The lowest BCUT2D eigenvalue weighted by Crippen LogP contribution is -2.49. The predicted octanol–water partition coefficient (Wildman–Crippen LogP) is 2.83. The van der Waals surface area contributed by atoms with E-state index in [4.69, 9.17) is 14.2 Å². The molecule has 2 rings (SSSR count). The van der Waals surface area contributed by atoms with Gasteiger partial charge in [0.05, 0.1) is 5.56 Å². The van der Waals surface area contributed by atoms with Crippen molar-refractivity contribution < 1.29 is 23.4 Å². The molecule has 1 aliphatic rings. The van der Waals surface area contributed by atoms with E-state index in [0.29, 0.717) is 5.56 Å². The first-order chi connectivity index (χ1) is 10.0. The number of halogens is 1. The van der Waals surface area contributed by atoms with Crippen LogP contribution in [0.25, 0.3) is 0 Å². The van der Waals surface area contributed by atoms with E-state index in [2.05, 4.69) is 0 Å². The van der Waals surface area contributed by atoms with Crippen molar-refractivity contribution in [2.24, 2.45) is 11.8 Å². The first kappa shape index (κ1) is 15.9. The van der Waals surface area contributed by atoms with Crippen molar-refractivity contribution in [2.75, 3.05) is 13.7 Å². The Morgan fingerprint density at radius 2 is 1.90 bits per heavy atom. The summed E-state index contributed by atoms with van der Waals surface area (Å²) in [7, 11) is 1.53. The fraction of sp³-hybridized carbons (Fsp3) is 0.562. The van der Waals surface area contributed by atoms with Crippen LogP contribution in [0.3, 0.4) is 0 Å². The Morgan fingerprint density at radius 3 is 2.52 bits per heavy atom. The molecule has 1 fully saturated rings. The largest absolute Gasteiger partial charge is 0.459 e. The normalized spacial score (nSPS) is 32.7. The molecule has 0 N–H and O–H groups in total. The van der Waals surface area contributed by atoms with Crippen molar-refractivity contribution in [1.82, 2.24) is 0 Å². The molecule has 1 heterocycles. The van der Waals surface area contributed by atoms with Crippen LogP contribution in [-0.2, 0) is 14.2 Å². The molecule has 0 radical (unpaired) electrons. The van der Waals surface area contributed by atoms with Crippen LogP contribution in [-0.4, -0.2) is 38.3 Å². The Hall–Kier alpha value is -1.46. The Labute approximate surface area is 124 Å². The molecule has 0 spiro atoms. The average molecular weight is 296 g/mol. The molecule has 1 aromatic carbocycles. The van der Waals surface area contributed by atoms with E-state index in [1.54, 1.807) is 24.3 Å². The molecule has 116 valence electrons. The fourth-order valence-corrected chi connectivity index (χ4v) is 2.46. The zero-order chi connectivity index (χ0) is 15.4. The molecule has 0 aliphatic carbocycles. The maximum absolute atomic E-state index is 14.3. The Balaban J connectivity index is 1.94. The second-order valence-electron chi connectivity index (χ2n) is 5.41. The van der Waals surface area contributed by atoms with Crippen molar-refractivity contribution in [3.8, 4) is 0 Å². The third kappa shape index (κ3) is 3.60. The second-order valence-corrected chi connectivity index (χ2v) is 5.41. The highest BCUT2D eigenvalue weighted by Gasteiger charge is 2.42. The van der Waals surface area contributed by atoms with Crippen molar-refractivity contribution in [3.05, 3.63) is 35.9 Å². The Morgan fingerprint density at radius 1 is 1.24 bits per heavy atom. The first-order valence-electron chi connectivity index (χ1n) is 7.09. The van der Waals surface area contributed by atoms with Crippen LogP contribution in [0.1, 0.15) is 24.2 Å². The van der Waals surface area contributed by atoms with Gasteiger partial charge in [-0.15, -0.1) is 0 Å². The van der Waals surface area contributed by atoms with E-state index >= 15 is 0 Å². The van der Waals surface area contributed by atoms with Crippen LogP contribution in [0.2, 0.25) is 0 Å². The average Bonchev–Trinajstić information content (AvgIpc) is 2.52. The number of carbonyl (C=O) groups is 1. The molecule has 4 nitrogen and oxygen atoms in total. The topological polar surface area (TPSA) is 44.8 Å². The molecule has 1 aromatic rings. The van der Waals surface area contributed by atoms with E-state index < -0.39 is 24.5 Å². The molecule has 5 unspecified atom stereocenters. The van der Waals surface area contributed by atoms with Gasteiger partial charge < -0.3 is 14.2 Å². The zero-order valence-corrected chi connectivity index (χ0v) is 12.5. The van der Waals surface area contributed by atoms with Crippen LogP contribution in [0.15, 0.2) is 30.3 Å². The zero-order valence-electron chi connectivity index (χ0n) is 12.5. The minimum absolute atomic E-state index is 0.0499. The summed E-state index contributed by atoms with van der Waals surface area (Å²) < 4.78 is 30.2. The summed E-state index contributed by atoms with van der Waals surface area (Å²) in [4.78, 5) is 11.9. The summed E-state index contributed by atoms with van der Waals surface area (Å²) in [6, 6.07) is 8.61. The molecule has 21 heavy (non-hydrogen) atoms. The highest BCUT2D eigenvalue weighted by atomic mass is 19.1. The van der Waals surface area contributed by atoms with Crippen LogP contribution < -0.4 is 0 Å². The molecule has 0 saturated carbocycles. The van der Waals surface area contributed by atoms with Gasteiger partial charge in [-0.05, 0) is 18.1 Å². The number of methoxy groups -OCH3 is 1. The summed E-state index contributed by atoms with van der Waals surface area (Å²) in [5.74, 6) is -0.748. The van der Waals surface area contributed by atoms with Gasteiger partial charge >= 0.3 is 5.97 Å². The van der Waals surface area contributed by atoms with Gasteiger partial charge in [-0.25, -0.2) is 9.18 Å². The number of rotatable bonds is 4. The van der Waals surface area contributed by atoms with E-state index in [1.807, 2.05) is 19.9 Å². The summed E-state index contributed by atoms with van der Waals surface area (Å²) in [6.45, 7) is 3.58. The number of alkyl halides is 1. The molecule has 1 saturated heterocycles. The van der Waals surface area contributed by atoms with Crippen LogP contribution in [0.5, 0.6) is 0 Å². The summed E-state index contributed by atoms with van der Waals surface area (Å²) in [5.41, 5.74) is 0.438. The Bertz CT molecular complexity index is 463. The summed E-state index contributed by atoms with van der Waals surface area (Å²) in [5, 5.41) is 0. The molecule has 1 aliphatic heterocycles. The van der Waals surface area contributed by atoms with E-state index in [1.165, 1.54) is 7.11 Å². The van der Waals surface area contributed by atoms with E-state index in [0.717, 1.165) is 0 Å². The minimum atomic E-state index is -1.19. The monoisotopic (exact) mass is 296 g/mol. The molecule has 5 atom stereocenters. The number of benzene rings is 1. The Kier molecular flexibility index (Phi) is 5.31. The molecule has 0 bridgehead atoms. The maximum atomic E-state index is 14.3. The van der Waals surface area contributed by atoms with Crippen molar-refractivity contribution in [3.63, 3.8) is 0 Å². The molecular weight excluding hydrogens is 275 g/mol. The standard InChI is InChI=1S/C16H21FO4/c1-10-11(2)16(19-3)21-13(14(10)17)9-20-15(18)12-7-5-4-6-8-12/h4-8,10-11,13-14,16H,9H2,1-3H3. The summed E-state index contributed by atoms with van der Waals surface area (Å²) >= 11 is 0. The van der Waals surface area contributed by atoms with Gasteiger partial charge in [0.2, 0.25) is 0 Å². The maximum Gasteiger partial charge on any atom is 0.338 e. The molecule has 5 heteroatoms. The SMILES string of the molecule is COC1OC(COC(=O)c2ccccc2)C(F)C(C)C1C. The predicted molar refractivity (Wildman–Crippen MR) is 75.6 cm³/mol. The van der Waals surface area contributed by atoms with Gasteiger partial charge in [-0.2, -0.15) is 0 Å². The van der Waals surface area contributed by atoms with Gasteiger partial charge in [-0.3, -0.25) is 0 Å². The number of esters is 1. The third-order valence-electron chi connectivity index (χ3n) is 4.05. The second kappa shape index (κ2) is 7.00. The first-order valence-corrected chi connectivity index (χ1v) is 7.09. The van der Waals surface area contributed by atoms with Gasteiger partial charge in [0.25, 0.3) is 0 Å². The fourth-order valence-electron chi connectivity index (χ4n) is 2.46. The number of hydrogen-bond acceptors (Lipinski definition) is 4. The van der Waals surface area contributed by atoms with Crippen LogP contribution in [0.4, 0.5) is 4.39 Å². The van der Waals surface area contributed by atoms with Gasteiger partial charge in [0.15, 0.2) is 6.29 Å². The van der Waals surface area contributed by atoms with Crippen molar-refractivity contribution in [1.29, 1.82) is 0 Å². The summed E-state index contributed by atoms with van der Waals surface area (Å²) in [6.07, 6.45) is -2.46. The smallest absolute Gasteiger partial charge is 0.338 e. The van der Waals surface area contributed by atoms with E-state index in [-0.39, 0.29) is 18.4 Å². The van der Waals surface area contributed by atoms with Crippen molar-refractivity contribution >= 4 is 5.97 Å². The van der Waals surface area contributed by atoms with Crippen molar-refractivity contribution in [2.45, 2.75) is 32.4 Å². The van der Waals surface area contributed by atoms with Crippen LogP contribution in [0, 0.1) is 11.8 Å². The van der Waals surface area contributed by atoms with Gasteiger partial charge in [0.1, 0.15) is 18.9 Å². The quantitative estimate of drug-likeness (QED) is 0.801.